The molecule has 3 rings (SSSR count). The van der Waals surface area contributed by atoms with Crippen LogP contribution in [-0.2, 0) is 6.61 Å². The molecule has 3 amide bonds. The Labute approximate surface area is 181 Å². The number of anilines is 1. The minimum Gasteiger partial charge on any atom is -0.473 e. The van der Waals surface area contributed by atoms with Crippen LogP contribution in [-0.4, -0.2) is 16.9 Å². The van der Waals surface area contributed by atoms with Crippen LogP contribution < -0.4 is 15.4 Å². The van der Waals surface area contributed by atoms with Crippen molar-refractivity contribution in [3.05, 3.63) is 87.0 Å². The number of aromatic nitrogens is 1. The van der Waals surface area contributed by atoms with Gasteiger partial charge in [0, 0.05) is 11.1 Å². The van der Waals surface area contributed by atoms with Crippen LogP contribution in [0.4, 0.5) is 10.5 Å². The molecule has 6 nitrogen and oxygen atoms in total. The van der Waals surface area contributed by atoms with Gasteiger partial charge in [-0.1, -0.05) is 53.0 Å². The molecule has 2 aromatic carbocycles. The fraction of sp³-hybridized carbons (Fsp3) is 0.0500. The molecule has 0 radical (unpaired) electrons. The van der Waals surface area contributed by atoms with Gasteiger partial charge in [0.05, 0.1) is 27.5 Å². The number of imide groups is 1. The van der Waals surface area contributed by atoms with Crippen LogP contribution in [0.3, 0.4) is 0 Å². The minimum absolute atomic E-state index is 0.0232. The maximum absolute atomic E-state index is 12.2. The van der Waals surface area contributed by atoms with Crippen molar-refractivity contribution in [1.29, 1.82) is 0 Å². The molecule has 0 spiro atoms. The van der Waals surface area contributed by atoms with Gasteiger partial charge in [-0.3, -0.25) is 10.1 Å². The number of rotatable bonds is 5. The van der Waals surface area contributed by atoms with E-state index in [0.717, 1.165) is 5.56 Å². The van der Waals surface area contributed by atoms with Crippen molar-refractivity contribution >= 4 is 52.4 Å². The molecule has 0 saturated heterocycles. The molecule has 148 valence electrons. The zero-order valence-electron chi connectivity index (χ0n) is 14.8. The van der Waals surface area contributed by atoms with Crippen LogP contribution in [0.1, 0.15) is 15.9 Å². The largest absolute Gasteiger partial charge is 0.473 e. The lowest BCUT2D eigenvalue weighted by Gasteiger charge is -2.09. The third kappa shape index (κ3) is 5.84. The molecule has 0 unspecified atom stereocenters. The lowest BCUT2D eigenvalue weighted by atomic mass is 10.2. The Balaban J connectivity index is 1.54. The summed E-state index contributed by atoms with van der Waals surface area (Å²) in [7, 11) is 0. The fourth-order valence-corrected chi connectivity index (χ4v) is 3.02. The summed E-state index contributed by atoms with van der Waals surface area (Å²) < 4.78 is 5.57. The highest BCUT2D eigenvalue weighted by molar-refractivity contribution is 6.40. The van der Waals surface area contributed by atoms with Crippen LogP contribution in [0.25, 0.3) is 0 Å². The number of carbonyl (C=O) groups excluding carboxylic acids is 2. The highest BCUT2D eigenvalue weighted by Gasteiger charge is 2.17. The van der Waals surface area contributed by atoms with E-state index in [0.29, 0.717) is 23.2 Å². The van der Waals surface area contributed by atoms with Gasteiger partial charge in [0.2, 0.25) is 5.88 Å². The molecule has 29 heavy (non-hydrogen) atoms. The van der Waals surface area contributed by atoms with E-state index in [1.165, 1.54) is 18.3 Å². The van der Waals surface area contributed by atoms with E-state index in [2.05, 4.69) is 15.6 Å². The van der Waals surface area contributed by atoms with E-state index in [1.807, 2.05) is 12.1 Å². The summed E-state index contributed by atoms with van der Waals surface area (Å²) in [5.41, 5.74) is 1.34. The second-order valence-electron chi connectivity index (χ2n) is 5.81. The molecule has 0 aliphatic heterocycles. The predicted molar refractivity (Wildman–Crippen MR) is 113 cm³/mol. The number of hydrogen-bond donors (Lipinski definition) is 2. The van der Waals surface area contributed by atoms with Gasteiger partial charge >= 0.3 is 6.03 Å². The third-order valence-electron chi connectivity index (χ3n) is 3.71. The summed E-state index contributed by atoms with van der Waals surface area (Å²) in [4.78, 5) is 28.4. The van der Waals surface area contributed by atoms with Gasteiger partial charge in [-0.15, -0.1) is 0 Å². The van der Waals surface area contributed by atoms with Crippen molar-refractivity contribution in [2.24, 2.45) is 0 Å². The smallest absolute Gasteiger partial charge is 0.326 e. The average Bonchev–Trinajstić information content (AvgIpc) is 2.68. The molecule has 0 atom stereocenters. The van der Waals surface area contributed by atoms with Gasteiger partial charge in [0.1, 0.15) is 6.61 Å². The zero-order chi connectivity index (χ0) is 20.8. The van der Waals surface area contributed by atoms with E-state index in [9.17, 15) is 9.59 Å². The van der Waals surface area contributed by atoms with E-state index in [1.54, 1.807) is 30.3 Å². The quantitative estimate of drug-likeness (QED) is 0.531. The predicted octanol–water partition coefficient (Wildman–Crippen LogP) is 5.58. The maximum Gasteiger partial charge on any atom is 0.326 e. The van der Waals surface area contributed by atoms with Crippen LogP contribution in [0.5, 0.6) is 5.88 Å². The number of amides is 3. The Morgan fingerprint density at radius 3 is 2.24 bits per heavy atom. The van der Waals surface area contributed by atoms with Gasteiger partial charge < -0.3 is 10.1 Å². The Kier molecular flexibility index (Phi) is 6.93. The number of nitrogens with zero attached hydrogens (tertiary/aromatic N) is 1. The van der Waals surface area contributed by atoms with Gasteiger partial charge in [-0.05, 0) is 35.9 Å². The first-order chi connectivity index (χ1) is 13.9. The number of pyridine rings is 1. The lowest BCUT2D eigenvalue weighted by molar-refractivity contribution is 0.0967. The third-order valence-corrected chi connectivity index (χ3v) is 4.59. The highest BCUT2D eigenvalue weighted by Crippen LogP contribution is 2.24. The maximum atomic E-state index is 12.2. The first kappa shape index (κ1) is 20.9. The van der Waals surface area contributed by atoms with Crippen molar-refractivity contribution in [2.45, 2.75) is 6.61 Å². The van der Waals surface area contributed by atoms with Crippen LogP contribution in [0.15, 0.2) is 60.8 Å². The van der Waals surface area contributed by atoms with Crippen molar-refractivity contribution < 1.29 is 14.3 Å². The number of benzene rings is 2. The molecule has 0 bridgehead atoms. The zero-order valence-corrected chi connectivity index (χ0v) is 17.1. The number of urea groups is 1. The lowest BCUT2D eigenvalue weighted by Crippen LogP contribution is -2.34. The van der Waals surface area contributed by atoms with Crippen LogP contribution >= 0.6 is 34.8 Å². The molecule has 0 fully saturated rings. The minimum atomic E-state index is -0.748. The Hall–Kier alpha value is -2.80. The molecule has 2 N–H and O–H groups in total. The van der Waals surface area contributed by atoms with E-state index in [-0.39, 0.29) is 15.6 Å². The van der Waals surface area contributed by atoms with Gasteiger partial charge in [0.25, 0.3) is 5.91 Å². The summed E-state index contributed by atoms with van der Waals surface area (Å²) in [5, 5.41) is 5.60. The SMILES string of the molecule is O=C(NC(=O)c1c(Cl)cccc1Cl)Nc1ccc(OCc2ccc(Cl)cc2)nc1. The molecule has 9 heteroatoms. The van der Waals surface area contributed by atoms with Crippen molar-refractivity contribution in [3.63, 3.8) is 0 Å². The van der Waals surface area contributed by atoms with E-state index >= 15 is 0 Å². The molecule has 1 aromatic heterocycles. The molecule has 0 aliphatic rings. The van der Waals surface area contributed by atoms with Gasteiger partial charge in [-0.2, -0.15) is 0 Å². The number of halogens is 3. The molecule has 0 aliphatic carbocycles. The average molecular weight is 451 g/mol. The number of ether oxygens (including phenoxy) is 1. The Morgan fingerprint density at radius 2 is 1.62 bits per heavy atom. The summed E-state index contributed by atoms with van der Waals surface area (Å²) in [6.07, 6.45) is 1.41. The van der Waals surface area contributed by atoms with Gasteiger partial charge in [-0.25, -0.2) is 9.78 Å². The van der Waals surface area contributed by atoms with Crippen molar-refractivity contribution in [2.75, 3.05) is 5.32 Å². The number of carbonyl (C=O) groups is 2. The summed E-state index contributed by atoms with van der Waals surface area (Å²) in [6.45, 7) is 0.324. The summed E-state index contributed by atoms with van der Waals surface area (Å²) >= 11 is 17.8. The number of nitrogens with one attached hydrogen (secondary N) is 2. The molecule has 1 heterocycles. The first-order valence-electron chi connectivity index (χ1n) is 8.32. The van der Waals surface area contributed by atoms with E-state index in [4.69, 9.17) is 39.5 Å². The normalized spacial score (nSPS) is 10.3. The second kappa shape index (κ2) is 9.60. The topological polar surface area (TPSA) is 80.3 Å². The van der Waals surface area contributed by atoms with Crippen LogP contribution in [0.2, 0.25) is 15.1 Å². The van der Waals surface area contributed by atoms with Crippen molar-refractivity contribution in [1.82, 2.24) is 10.3 Å². The van der Waals surface area contributed by atoms with Gasteiger partial charge in [0.15, 0.2) is 0 Å². The molecule has 0 saturated carbocycles. The summed E-state index contributed by atoms with van der Waals surface area (Å²) in [6, 6.07) is 14.3. The standard InChI is InChI=1S/C20H14Cl3N3O3/c21-13-6-4-12(5-7-13)11-29-17-9-8-14(10-24-17)25-20(28)26-19(27)18-15(22)2-1-3-16(18)23/h1-10H,11H2,(H2,25,26,27,28). The monoisotopic (exact) mass is 449 g/mol. The summed E-state index contributed by atoms with van der Waals surface area (Å²) in [5.74, 6) is -0.334. The van der Waals surface area contributed by atoms with Crippen LogP contribution in [0, 0.1) is 0 Å². The van der Waals surface area contributed by atoms with Crippen molar-refractivity contribution in [3.8, 4) is 5.88 Å². The highest BCUT2D eigenvalue weighted by atomic mass is 35.5. The Bertz CT molecular complexity index is 1010. The second-order valence-corrected chi connectivity index (χ2v) is 7.06. The first-order valence-corrected chi connectivity index (χ1v) is 9.45. The van der Waals surface area contributed by atoms with E-state index < -0.39 is 11.9 Å². The fourth-order valence-electron chi connectivity index (χ4n) is 2.32. The Morgan fingerprint density at radius 1 is 0.931 bits per heavy atom. The molecular formula is C20H14Cl3N3O3. The molecule has 3 aromatic rings. The number of hydrogen-bond acceptors (Lipinski definition) is 4. The molecular weight excluding hydrogens is 437 g/mol.